The Labute approximate surface area is 175 Å². The van der Waals surface area contributed by atoms with Crippen LogP contribution < -0.4 is 15.8 Å². The molecule has 152 valence electrons. The van der Waals surface area contributed by atoms with Gasteiger partial charge in [-0.15, -0.1) is 0 Å². The van der Waals surface area contributed by atoms with Gasteiger partial charge in [-0.25, -0.2) is 4.98 Å². The highest BCUT2D eigenvalue weighted by Gasteiger charge is 2.12. The van der Waals surface area contributed by atoms with Crippen molar-refractivity contribution in [2.24, 2.45) is 0 Å². The molecule has 0 fully saturated rings. The highest BCUT2D eigenvalue weighted by Crippen LogP contribution is 2.14. The van der Waals surface area contributed by atoms with Crippen molar-refractivity contribution in [2.75, 3.05) is 29.9 Å². The standard InChI is InChI=1S/C24H25N5O/c1-2-28(20-11-7-4-8-12-20)16-15-26-23-24(30)29(18-19-9-5-3-6-10-19)22-17-25-14-13-21(22)27-23/h3-14,17H,2,15-16,18H2,1H3,(H,26,27). The predicted molar refractivity (Wildman–Crippen MR) is 122 cm³/mol. The fourth-order valence-corrected chi connectivity index (χ4v) is 3.54. The Bertz CT molecular complexity index is 1160. The summed E-state index contributed by atoms with van der Waals surface area (Å²) in [5.74, 6) is 0.369. The Balaban J connectivity index is 1.58. The van der Waals surface area contributed by atoms with E-state index in [1.807, 2.05) is 54.6 Å². The van der Waals surface area contributed by atoms with Crippen molar-refractivity contribution < 1.29 is 0 Å². The Kier molecular flexibility index (Phi) is 6.03. The van der Waals surface area contributed by atoms with Crippen molar-refractivity contribution >= 4 is 22.5 Å². The van der Waals surface area contributed by atoms with Crippen molar-refractivity contribution in [3.05, 3.63) is 95.0 Å². The Hall–Kier alpha value is -3.67. The fourth-order valence-electron chi connectivity index (χ4n) is 3.54. The number of likely N-dealkylation sites (N-methyl/N-ethyl adjacent to an activating group) is 1. The molecule has 4 aromatic rings. The zero-order valence-corrected chi connectivity index (χ0v) is 17.0. The third-order valence-electron chi connectivity index (χ3n) is 5.11. The maximum Gasteiger partial charge on any atom is 0.294 e. The zero-order chi connectivity index (χ0) is 20.8. The Morgan fingerprint density at radius 1 is 1.00 bits per heavy atom. The third-order valence-corrected chi connectivity index (χ3v) is 5.11. The van der Waals surface area contributed by atoms with E-state index in [0.29, 0.717) is 18.9 Å². The molecule has 2 aromatic carbocycles. The molecule has 0 spiro atoms. The smallest absolute Gasteiger partial charge is 0.294 e. The van der Waals surface area contributed by atoms with Crippen LogP contribution in [-0.2, 0) is 6.54 Å². The summed E-state index contributed by atoms with van der Waals surface area (Å²) in [6.07, 6.45) is 3.40. The normalized spacial score (nSPS) is 10.8. The van der Waals surface area contributed by atoms with Crippen molar-refractivity contribution in [3.8, 4) is 0 Å². The lowest BCUT2D eigenvalue weighted by Gasteiger charge is -2.23. The fraction of sp³-hybridized carbons (Fsp3) is 0.208. The van der Waals surface area contributed by atoms with Gasteiger partial charge in [0.1, 0.15) is 0 Å². The quantitative estimate of drug-likeness (QED) is 0.489. The van der Waals surface area contributed by atoms with Gasteiger partial charge in [0.2, 0.25) is 0 Å². The van der Waals surface area contributed by atoms with Crippen LogP contribution in [0.4, 0.5) is 11.5 Å². The van der Waals surface area contributed by atoms with Crippen molar-refractivity contribution in [3.63, 3.8) is 0 Å². The summed E-state index contributed by atoms with van der Waals surface area (Å²) in [5, 5.41) is 3.26. The van der Waals surface area contributed by atoms with Crippen LogP contribution in [-0.4, -0.2) is 34.2 Å². The van der Waals surface area contributed by atoms with E-state index in [2.05, 4.69) is 39.2 Å². The van der Waals surface area contributed by atoms with E-state index < -0.39 is 0 Å². The second kappa shape index (κ2) is 9.22. The minimum atomic E-state index is -0.137. The van der Waals surface area contributed by atoms with Crippen molar-refractivity contribution in [1.82, 2.24) is 14.5 Å². The first-order valence-electron chi connectivity index (χ1n) is 10.2. The number of benzene rings is 2. The molecule has 1 N–H and O–H groups in total. The highest BCUT2D eigenvalue weighted by atomic mass is 16.1. The maximum absolute atomic E-state index is 13.2. The van der Waals surface area contributed by atoms with Gasteiger partial charge in [-0.1, -0.05) is 48.5 Å². The van der Waals surface area contributed by atoms with Gasteiger partial charge in [-0.3, -0.25) is 14.3 Å². The van der Waals surface area contributed by atoms with E-state index in [-0.39, 0.29) is 5.56 Å². The Morgan fingerprint density at radius 3 is 2.47 bits per heavy atom. The van der Waals surface area contributed by atoms with E-state index in [4.69, 9.17) is 0 Å². The summed E-state index contributed by atoms with van der Waals surface area (Å²) in [5.41, 5.74) is 3.57. The van der Waals surface area contributed by atoms with Gasteiger partial charge in [0.25, 0.3) is 5.56 Å². The molecule has 0 atom stereocenters. The lowest BCUT2D eigenvalue weighted by atomic mass is 10.2. The molecule has 0 amide bonds. The molecule has 2 aromatic heterocycles. The first kappa shape index (κ1) is 19.6. The number of nitrogens with zero attached hydrogens (tertiary/aromatic N) is 4. The van der Waals surface area contributed by atoms with Gasteiger partial charge >= 0.3 is 0 Å². The second-order valence-electron chi connectivity index (χ2n) is 7.04. The van der Waals surface area contributed by atoms with E-state index in [1.165, 1.54) is 5.69 Å². The molecule has 4 rings (SSSR count). The average Bonchev–Trinajstić information content (AvgIpc) is 2.80. The SMILES string of the molecule is CCN(CCNc1nc2ccncc2n(Cc2ccccc2)c1=O)c1ccccc1. The molecular weight excluding hydrogens is 374 g/mol. The molecule has 2 heterocycles. The summed E-state index contributed by atoms with van der Waals surface area (Å²) < 4.78 is 1.74. The molecule has 0 aliphatic rings. The van der Waals surface area contributed by atoms with Gasteiger partial charge in [0.05, 0.1) is 23.8 Å². The van der Waals surface area contributed by atoms with Gasteiger partial charge < -0.3 is 10.2 Å². The van der Waals surface area contributed by atoms with Crippen molar-refractivity contribution in [1.29, 1.82) is 0 Å². The molecule has 6 nitrogen and oxygen atoms in total. The minimum absolute atomic E-state index is 0.137. The van der Waals surface area contributed by atoms with Gasteiger partial charge in [0.15, 0.2) is 5.82 Å². The third kappa shape index (κ3) is 4.33. The molecule has 6 heteroatoms. The number of anilines is 2. The molecule has 0 saturated carbocycles. The van der Waals surface area contributed by atoms with Crippen LogP contribution in [0.1, 0.15) is 12.5 Å². The van der Waals surface area contributed by atoms with Crippen LogP contribution in [0.2, 0.25) is 0 Å². The van der Waals surface area contributed by atoms with E-state index in [0.717, 1.165) is 29.7 Å². The van der Waals surface area contributed by atoms with Crippen molar-refractivity contribution in [2.45, 2.75) is 13.5 Å². The topological polar surface area (TPSA) is 63.0 Å². The minimum Gasteiger partial charge on any atom is -0.370 e. The molecule has 0 radical (unpaired) electrons. The number of nitrogens with one attached hydrogen (secondary N) is 1. The molecule has 0 unspecified atom stereocenters. The number of pyridine rings is 1. The number of para-hydroxylation sites is 1. The van der Waals surface area contributed by atoms with E-state index in [9.17, 15) is 4.79 Å². The lowest BCUT2D eigenvalue weighted by Crippen LogP contribution is -2.32. The van der Waals surface area contributed by atoms with Crippen LogP contribution in [0.3, 0.4) is 0 Å². The first-order chi connectivity index (χ1) is 14.8. The number of aromatic nitrogens is 3. The summed E-state index contributed by atoms with van der Waals surface area (Å²) in [7, 11) is 0. The number of hydrogen-bond donors (Lipinski definition) is 1. The average molecular weight is 399 g/mol. The molecule has 0 aliphatic carbocycles. The highest BCUT2D eigenvalue weighted by molar-refractivity contribution is 5.75. The Morgan fingerprint density at radius 2 is 1.73 bits per heavy atom. The van der Waals surface area contributed by atoms with Crippen LogP contribution in [0.15, 0.2) is 83.9 Å². The molecule has 0 saturated heterocycles. The molecular formula is C24H25N5O. The van der Waals surface area contributed by atoms with Crippen LogP contribution in [0.25, 0.3) is 11.0 Å². The van der Waals surface area contributed by atoms with Crippen LogP contribution >= 0.6 is 0 Å². The number of hydrogen-bond acceptors (Lipinski definition) is 5. The summed E-state index contributed by atoms with van der Waals surface area (Å²) in [6.45, 7) is 4.88. The largest absolute Gasteiger partial charge is 0.370 e. The van der Waals surface area contributed by atoms with Gasteiger partial charge in [0, 0.05) is 31.5 Å². The van der Waals surface area contributed by atoms with E-state index >= 15 is 0 Å². The predicted octanol–water partition coefficient (Wildman–Crippen LogP) is 3.78. The zero-order valence-electron chi connectivity index (χ0n) is 17.0. The molecule has 30 heavy (non-hydrogen) atoms. The number of rotatable bonds is 8. The van der Waals surface area contributed by atoms with Gasteiger partial charge in [-0.2, -0.15) is 0 Å². The summed E-state index contributed by atoms with van der Waals surface area (Å²) in [6, 6.07) is 22.1. The van der Waals surface area contributed by atoms with E-state index in [1.54, 1.807) is 17.0 Å². The first-order valence-corrected chi connectivity index (χ1v) is 10.2. The lowest BCUT2D eigenvalue weighted by molar-refractivity contribution is 0.781. The molecule has 0 bridgehead atoms. The maximum atomic E-state index is 13.2. The monoisotopic (exact) mass is 399 g/mol. The number of fused-ring (bicyclic) bond motifs is 1. The summed E-state index contributed by atoms with van der Waals surface area (Å²) in [4.78, 5) is 24.2. The molecule has 0 aliphatic heterocycles. The summed E-state index contributed by atoms with van der Waals surface area (Å²) >= 11 is 0. The second-order valence-corrected chi connectivity index (χ2v) is 7.04. The van der Waals surface area contributed by atoms with Crippen LogP contribution in [0, 0.1) is 0 Å². The van der Waals surface area contributed by atoms with Crippen LogP contribution in [0.5, 0.6) is 0 Å². The van der Waals surface area contributed by atoms with Gasteiger partial charge in [-0.05, 0) is 30.7 Å².